The zero-order valence-electron chi connectivity index (χ0n) is 17.6. The third kappa shape index (κ3) is 5.70. The van der Waals surface area contributed by atoms with Gasteiger partial charge in [-0.15, -0.1) is 4.40 Å². The molecule has 0 amide bonds. The fourth-order valence-electron chi connectivity index (χ4n) is 2.60. The molecule has 0 bridgehead atoms. The molecule has 2 heterocycles. The van der Waals surface area contributed by atoms with Gasteiger partial charge in [-0.25, -0.2) is 9.78 Å². The maximum absolute atomic E-state index is 12.1. The normalized spacial score (nSPS) is 17.6. The molecule has 1 atom stereocenters. The van der Waals surface area contributed by atoms with Crippen LogP contribution in [0.15, 0.2) is 15.0 Å². The van der Waals surface area contributed by atoms with Gasteiger partial charge < -0.3 is 35.5 Å². The van der Waals surface area contributed by atoms with Crippen LogP contribution in [0.2, 0.25) is 0 Å². The highest BCUT2D eigenvalue weighted by Crippen LogP contribution is 2.22. The van der Waals surface area contributed by atoms with Gasteiger partial charge in [0.25, 0.3) is 16.0 Å². The summed E-state index contributed by atoms with van der Waals surface area (Å²) in [4.78, 5) is 20.6. The van der Waals surface area contributed by atoms with Gasteiger partial charge in [-0.2, -0.15) is 8.42 Å². The molecular weight excluding hydrogens is 416 g/mol. The highest BCUT2D eigenvalue weighted by molar-refractivity contribution is 7.95. The number of aromatic amines is 1. The van der Waals surface area contributed by atoms with Crippen molar-refractivity contribution in [3.05, 3.63) is 22.0 Å². The first kappa shape index (κ1) is 23.6. The van der Waals surface area contributed by atoms with Crippen molar-refractivity contribution >= 4 is 21.8 Å². The number of H-pyrrole nitrogens is 1. The van der Waals surface area contributed by atoms with Crippen LogP contribution in [0.25, 0.3) is 0 Å². The number of hydrogen-bond acceptors (Lipinski definition) is 10. The fraction of sp³-hybridized carbons (Fsp3) is 0.588. The Labute approximate surface area is 175 Å². The molecule has 0 spiro atoms. The number of aryl methyl sites for hydroxylation is 1. The third-order valence-electron chi connectivity index (χ3n) is 4.02. The number of nitrogens with one attached hydrogen (secondary N) is 2. The van der Waals surface area contributed by atoms with E-state index in [0.717, 1.165) is 11.4 Å². The number of sulfonamides is 1. The summed E-state index contributed by atoms with van der Waals surface area (Å²) in [6, 6.07) is 0.251. The first-order valence-corrected chi connectivity index (χ1v) is 10.6. The molecule has 13 heteroatoms. The van der Waals surface area contributed by atoms with Gasteiger partial charge in [0.1, 0.15) is 17.9 Å². The van der Waals surface area contributed by atoms with Crippen molar-refractivity contribution in [2.45, 2.75) is 32.9 Å². The van der Waals surface area contributed by atoms with Crippen LogP contribution in [0.3, 0.4) is 0 Å². The monoisotopic (exact) mass is 444 g/mol. The summed E-state index contributed by atoms with van der Waals surface area (Å²) in [5.41, 5.74) is 5.64. The number of carbonyl (C=O) groups is 1. The van der Waals surface area contributed by atoms with Crippen molar-refractivity contribution in [1.82, 2.24) is 20.2 Å². The van der Waals surface area contributed by atoms with Gasteiger partial charge in [-0.1, -0.05) is 0 Å². The van der Waals surface area contributed by atoms with Crippen LogP contribution in [-0.2, 0) is 26.1 Å². The Bertz CT molecular complexity index is 963. The molecule has 168 valence electrons. The van der Waals surface area contributed by atoms with Gasteiger partial charge >= 0.3 is 5.97 Å². The van der Waals surface area contributed by atoms with Crippen molar-refractivity contribution in [3.8, 4) is 6.01 Å². The summed E-state index contributed by atoms with van der Waals surface area (Å²) in [6.07, 6.45) is 0. The predicted molar refractivity (Wildman–Crippen MR) is 109 cm³/mol. The minimum Gasteiger partial charge on any atom is -0.462 e. The standard InChI is InChI=1S/C17H28N6O6S/c1-6-28-15(24)13-12(14(18)22-30(13,26)27)19-8-17(3,25)9-29-16-20-10(2)11(21-16)7-23(4)5/h19,25H,6-9H2,1-5H3,(H2,18,22)(H,20,21). The Hall–Kier alpha value is -2.64. The molecule has 0 fully saturated rings. The number of amidine groups is 1. The zero-order chi connectivity index (χ0) is 22.7. The van der Waals surface area contributed by atoms with Crippen LogP contribution in [0, 0.1) is 6.92 Å². The maximum atomic E-state index is 12.1. The number of ether oxygens (including phenoxy) is 2. The highest BCUT2D eigenvalue weighted by Gasteiger charge is 2.38. The lowest BCUT2D eigenvalue weighted by molar-refractivity contribution is -0.137. The Balaban J connectivity index is 2.07. The summed E-state index contributed by atoms with van der Waals surface area (Å²) in [7, 11) is -0.418. The molecule has 0 aromatic carbocycles. The minimum absolute atomic E-state index is 0.0189. The van der Waals surface area contributed by atoms with E-state index in [2.05, 4.69) is 19.7 Å². The van der Waals surface area contributed by atoms with E-state index in [1.54, 1.807) is 6.92 Å². The Morgan fingerprint density at radius 1 is 1.40 bits per heavy atom. The van der Waals surface area contributed by atoms with Gasteiger partial charge in [0.15, 0.2) is 5.84 Å². The van der Waals surface area contributed by atoms with E-state index in [1.165, 1.54) is 6.92 Å². The second-order valence-corrected chi connectivity index (χ2v) is 8.90. The van der Waals surface area contributed by atoms with E-state index >= 15 is 0 Å². The lowest BCUT2D eigenvalue weighted by atomic mass is 10.1. The van der Waals surface area contributed by atoms with Crippen LogP contribution >= 0.6 is 0 Å². The first-order valence-electron chi connectivity index (χ1n) is 9.17. The van der Waals surface area contributed by atoms with Gasteiger partial charge in [0.05, 0.1) is 18.0 Å². The molecule has 0 saturated heterocycles. The molecule has 1 aliphatic rings. The number of esters is 1. The Morgan fingerprint density at radius 3 is 2.67 bits per heavy atom. The van der Waals surface area contributed by atoms with E-state index in [4.69, 9.17) is 15.2 Å². The van der Waals surface area contributed by atoms with Crippen LogP contribution in [0.1, 0.15) is 25.2 Å². The van der Waals surface area contributed by atoms with E-state index in [1.807, 2.05) is 25.9 Å². The first-order chi connectivity index (χ1) is 13.9. The zero-order valence-corrected chi connectivity index (χ0v) is 18.5. The Kier molecular flexibility index (Phi) is 7.10. The minimum atomic E-state index is -4.27. The van der Waals surface area contributed by atoms with E-state index in [9.17, 15) is 18.3 Å². The molecule has 2 rings (SSSR count). The van der Waals surface area contributed by atoms with Gasteiger partial charge in [0.2, 0.25) is 4.91 Å². The van der Waals surface area contributed by atoms with Crippen LogP contribution < -0.4 is 15.8 Å². The number of nitrogens with two attached hydrogens (primary N) is 1. The predicted octanol–water partition coefficient (Wildman–Crippen LogP) is -1.03. The number of nitrogens with zero attached hydrogens (tertiary/aromatic N) is 3. The quantitative estimate of drug-likeness (QED) is 0.327. The molecule has 12 nitrogen and oxygen atoms in total. The topological polar surface area (TPSA) is 172 Å². The molecule has 1 unspecified atom stereocenters. The van der Waals surface area contributed by atoms with E-state index in [0.29, 0.717) is 6.54 Å². The van der Waals surface area contributed by atoms with Crippen LogP contribution in [0.4, 0.5) is 0 Å². The number of rotatable bonds is 10. The number of carbonyl (C=O) groups excluding carboxylic acids is 1. The van der Waals surface area contributed by atoms with E-state index < -0.39 is 26.5 Å². The molecule has 1 aromatic heterocycles. The molecular formula is C17H28N6O6S. The second-order valence-electron chi connectivity index (χ2n) is 7.36. The van der Waals surface area contributed by atoms with Crippen molar-refractivity contribution in [2.75, 3.05) is 33.9 Å². The van der Waals surface area contributed by atoms with Gasteiger partial charge in [0, 0.05) is 13.1 Å². The number of imidazole rings is 1. The van der Waals surface area contributed by atoms with Crippen LogP contribution in [-0.4, -0.2) is 79.7 Å². The smallest absolute Gasteiger partial charge is 0.354 e. The molecule has 1 aromatic rings. The highest BCUT2D eigenvalue weighted by atomic mass is 32.2. The largest absolute Gasteiger partial charge is 0.462 e. The Morgan fingerprint density at radius 2 is 2.07 bits per heavy atom. The van der Waals surface area contributed by atoms with Crippen LogP contribution in [0.5, 0.6) is 6.01 Å². The molecule has 0 aliphatic carbocycles. The van der Waals surface area contributed by atoms with Crippen molar-refractivity contribution in [3.63, 3.8) is 0 Å². The molecule has 1 aliphatic heterocycles. The van der Waals surface area contributed by atoms with Crippen molar-refractivity contribution < 1.29 is 27.8 Å². The molecule has 30 heavy (non-hydrogen) atoms. The number of aliphatic hydroxyl groups is 1. The maximum Gasteiger partial charge on any atom is 0.354 e. The summed E-state index contributed by atoms with van der Waals surface area (Å²) in [5.74, 6) is -1.45. The molecule has 5 N–H and O–H groups in total. The SMILES string of the molecule is CCOC(=O)C1=C(NCC(C)(O)COc2nc(C)c(CN(C)C)[nH]2)C(N)=NS1(=O)=O. The summed E-state index contributed by atoms with van der Waals surface area (Å²) in [6.45, 7) is 5.14. The summed E-state index contributed by atoms with van der Waals surface area (Å²) in [5, 5.41) is 13.3. The third-order valence-corrected chi connectivity index (χ3v) is 5.35. The lowest BCUT2D eigenvalue weighted by Crippen LogP contribution is -2.44. The summed E-state index contributed by atoms with van der Waals surface area (Å²) >= 11 is 0. The number of aromatic nitrogens is 2. The van der Waals surface area contributed by atoms with Gasteiger partial charge in [-0.05, 0) is 34.9 Å². The number of hydrogen-bond donors (Lipinski definition) is 4. The van der Waals surface area contributed by atoms with Crippen molar-refractivity contribution in [1.29, 1.82) is 0 Å². The second kappa shape index (κ2) is 9.02. The fourth-order valence-corrected chi connectivity index (χ4v) is 3.75. The molecule has 0 saturated carbocycles. The average Bonchev–Trinajstić information content (AvgIpc) is 3.06. The van der Waals surface area contributed by atoms with E-state index in [-0.39, 0.29) is 37.3 Å². The lowest BCUT2D eigenvalue weighted by Gasteiger charge is -2.24. The summed E-state index contributed by atoms with van der Waals surface area (Å²) < 4.78 is 37.8. The van der Waals surface area contributed by atoms with Crippen molar-refractivity contribution in [2.24, 2.45) is 10.1 Å². The average molecular weight is 445 g/mol. The molecule has 0 radical (unpaired) electrons. The van der Waals surface area contributed by atoms with Gasteiger partial charge in [-0.3, -0.25) is 0 Å².